The minimum Gasteiger partial charge on any atom is -0.453 e. The highest BCUT2D eigenvalue weighted by Gasteiger charge is 2.22. The maximum atomic E-state index is 7.09. The SMILES string of the molecule is c1ccc(-c2cc(-c3ccccc3)cc(-n3c4ccccc4c4ccc5c(oc6c7ccccc7c7ccccc7c56)c43)c2)cc1. The summed E-state index contributed by atoms with van der Waals surface area (Å²) >= 11 is 0. The maximum absolute atomic E-state index is 7.09. The van der Waals surface area contributed by atoms with Crippen LogP contribution in [0.5, 0.6) is 0 Å². The monoisotopic (exact) mass is 585 g/mol. The van der Waals surface area contributed by atoms with Gasteiger partial charge < -0.3 is 8.98 Å². The van der Waals surface area contributed by atoms with Crippen molar-refractivity contribution in [1.82, 2.24) is 4.57 Å². The number of fused-ring (bicyclic) bond motifs is 12. The van der Waals surface area contributed by atoms with Gasteiger partial charge in [0.25, 0.3) is 0 Å². The van der Waals surface area contributed by atoms with Gasteiger partial charge in [0.2, 0.25) is 0 Å². The molecule has 0 saturated heterocycles. The van der Waals surface area contributed by atoms with E-state index in [4.69, 9.17) is 4.42 Å². The van der Waals surface area contributed by atoms with Crippen LogP contribution in [0.1, 0.15) is 0 Å². The molecular weight excluding hydrogens is 558 g/mol. The molecule has 10 rings (SSSR count). The predicted octanol–water partition coefficient (Wildman–Crippen LogP) is 12.3. The molecule has 10 aromatic rings. The Bertz CT molecular complexity index is 2730. The normalized spacial score (nSPS) is 11.9. The Morgan fingerprint density at radius 2 is 0.870 bits per heavy atom. The summed E-state index contributed by atoms with van der Waals surface area (Å²) < 4.78 is 9.50. The van der Waals surface area contributed by atoms with E-state index >= 15 is 0 Å². The van der Waals surface area contributed by atoms with Crippen molar-refractivity contribution in [1.29, 1.82) is 0 Å². The quantitative estimate of drug-likeness (QED) is 0.189. The van der Waals surface area contributed by atoms with Gasteiger partial charge in [0, 0.05) is 32.6 Å². The first-order chi connectivity index (χ1) is 22.8. The van der Waals surface area contributed by atoms with Crippen LogP contribution >= 0.6 is 0 Å². The van der Waals surface area contributed by atoms with Crippen LogP contribution in [0, 0.1) is 0 Å². The minimum atomic E-state index is 0.914. The largest absolute Gasteiger partial charge is 0.453 e. The third-order valence-electron chi connectivity index (χ3n) is 9.54. The van der Waals surface area contributed by atoms with Crippen LogP contribution in [0.2, 0.25) is 0 Å². The van der Waals surface area contributed by atoms with Crippen molar-refractivity contribution in [3.8, 4) is 27.9 Å². The molecule has 0 radical (unpaired) electrons. The van der Waals surface area contributed by atoms with Gasteiger partial charge in [-0.25, -0.2) is 0 Å². The van der Waals surface area contributed by atoms with Crippen molar-refractivity contribution < 1.29 is 4.42 Å². The molecule has 0 atom stereocenters. The highest BCUT2D eigenvalue weighted by molar-refractivity contribution is 6.33. The molecule has 8 aromatic carbocycles. The molecule has 2 heterocycles. The lowest BCUT2D eigenvalue weighted by molar-refractivity contribution is 0.675. The number of hydrogen-bond donors (Lipinski definition) is 0. The molecular formula is C44H27NO. The first-order valence-electron chi connectivity index (χ1n) is 15.8. The van der Waals surface area contributed by atoms with E-state index in [0.29, 0.717) is 0 Å². The van der Waals surface area contributed by atoms with Gasteiger partial charge in [0.05, 0.1) is 11.0 Å². The van der Waals surface area contributed by atoms with Gasteiger partial charge in [-0.05, 0) is 68.7 Å². The third kappa shape index (κ3) is 3.59. The highest BCUT2D eigenvalue weighted by Crippen LogP contribution is 2.45. The Balaban J connectivity index is 1.39. The van der Waals surface area contributed by atoms with E-state index in [-0.39, 0.29) is 0 Å². The van der Waals surface area contributed by atoms with E-state index in [0.717, 1.165) is 38.7 Å². The van der Waals surface area contributed by atoms with Gasteiger partial charge in [-0.15, -0.1) is 0 Å². The molecule has 0 bridgehead atoms. The van der Waals surface area contributed by atoms with Crippen LogP contribution in [-0.4, -0.2) is 4.57 Å². The molecule has 0 N–H and O–H groups in total. The van der Waals surface area contributed by atoms with E-state index in [1.54, 1.807) is 0 Å². The lowest BCUT2D eigenvalue weighted by Gasteiger charge is -2.14. The average Bonchev–Trinajstić information content (AvgIpc) is 3.69. The molecule has 0 amide bonds. The topological polar surface area (TPSA) is 18.1 Å². The molecule has 0 aliphatic heterocycles. The molecule has 0 aliphatic rings. The van der Waals surface area contributed by atoms with E-state index in [1.165, 1.54) is 54.6 Å². The number of furan rings is 1. The molecule has 0 saturated carbocycles. The lowest BCUT2D eigenvalue weighted by atomic mass is 9.96. The predicted molar refractivity (Wildman–Crippen MR) is 194 cm³/mol. The van der Waals surface area contributed by atoms with Gasteiger partial charge in [-0.2, -0.15) is 0 Å². The van der Waals surface area contributed by atoms with Gasteiger partial charge >= 0.3 is 0 Å². The summed E-state index contributed by atoms with van der Waals surface area (Å²) in [5, 5.41) is 9.52. The molecule has 0 fully saturated rings. The molecule has 2 aromatic heterocycles. The second-order valence-electron chi connectivity index (χ2n) is 12.1. The van der Waals surface area contributed by atoms with Gasteiger partial charge in [-0.1, -0.05) is 133 Å². The highest BCUT2D eigenvalue weighted by atomic mass is 16.3. The molecule has 0 spiro atoms. The Morgan fingerprint density at radius 3 is 1.54 bits per heavy atom. The number of nitrogens with zero attached hydrogens (tertiary/aromatic N) is 1. The van der Waals surface area contributed by atoms with E-state index in [1.807, 2.05) is 0 Å². The molecule has 46 heavy (non-hydrogen) atoms. The third-order valence-corrected chi connectivity index (χ3v) is 9.54. The maximum Gasteiger partial charge on any atom is 0.160 e. The van der Waals surface area contributed by atoms with E-state index < -0.39 is 0 Å². The zero-order chi connectivity index (χ0) is 30.2. The first-order valence-corrected chi connectivity index (χ1v) is 15.8. The fraction of sp³-hybridized carbons (Fsp3) is 0. The molecule has 214 valence electrons. The van der Waals surface area contributed by atoms with Crippen molar-refractivity contribution >= 4 is 65.3 Å². The van der Waals surface area contributed by atoms with Crippen molar-refractivity contribution in [2.24, 2.45) is 0 Å². The number of rotatable bonds is 3. The standard InChI is InChI=1S/C44H27NO/c1-3-13-28(14-4-1)30-25-31(29-15-5-2-6-16-29)27-32(26-30)45-40-22-12-11-19-35(40)37-23-24-39-41-36-20-9-7-17-33(36)34-18-8-10-21-38(34)43(41)46-44(39)42(37)45/h1-27H. The molecule has 2 nitrogen and oxygen atoms in total. The summed E-state index contributed by atoms with van der Waals surface area (Å²) in [6, 6.07) is 58.9. The van der Waals surface area contributed by atoms with E-state index in [2.05, 4.69) is 168 Å². The van der Waals surface area contributed by atoms with Gasteiger partial charge in [-0.3, -0.25) is 0 Å². The molecule has 2 heteroatoms. The van der Waals surface area contributed by atoms with Crippen molar-refractivity contribution in [3.63, 3.8) is 0 Å². The minimum absolute atomic E-state index is 0.914. The fourth-order valence-corrected chi connectivity index (χ4v) is 7.51. The second-order valence-corrected chi connectivity index (χ2v) is 12.1. The number of benzene rings is 8. The number of aromatic nitrogens is 1. The lowest BCUT2D eigenvalue weighted by Crippen LogP contribution is -1.96. The van der Waals surface area contributed by atoms with Crippen LogP contribution in [-0.2, 0) is 0 Å². The zero-order valence-electron chi connectivity index (χ0n) is 24.9. The summed E-state index contributed by atoms with van der Waals surface area (Å²) in [5.74, 6) is 0. The first kappa shape index (κ1) is 25.2. The smallest absolute Gasteiger partial charge is 0.160 e. The van der Waals surface area contributed by atoms with Crippen LogP contribution in [0.3, 0.4) is 0 Å². The number of hydrogen-bond acceptors (Lipinski definition) is 1. The second kappa shape index (κ2) is 9.69. The summed E-state index contributed by atoms with van der Waals surface area (Å²) in [6.45, 7) is 0. The Morgan fingerprint density at radius 1 is 0.348 bits per heavy atom. The zero-order valence-corrected chi connectivity index (χ0v) is 24.9. The van der Waals surface area contributed by atoms with Crippen LogP contribution in [0.4, 0.5) is 0 Å². The molecule has 0 unspecified atom stereocenters. The van der Waals surface area contributed by atoms with Crippen LogP contribution < -0.4 is 0 Å². The van der Waals surface area contributed by atoms with Crippen molar-refractivity contribution in [2.45, 2.75) is 0 Å². The van der Waals surface area contributed by atoms with Crippen LogP contribution in [0.25, 0.3) is 93.2 Å². The van der Waals surface area contributed by atoms with E-state index in [9.17, 15) is 0 Å². The number of para-hydroxylation sites is 1. The molecule has 0 aliphatic carbocycles. The van der Waals surface area contributed by atoms with Crippen molar-refractivity contribution in [3.05, 3.63) is 164 Å². The average molecular weight is 586 g/mol. The summed E-state index contributed by atoms with van der Waals surface area (Å²) in [7, 11) is 0. The summed E-state index contributed by atoms with van der Waals surface area (Å²) in [4.78, 5) is 0. The summed E-state index contributed by atoms with van der Waals surface area (Å²) in [6.07, 6.45) is 0. The Hall–Kier alpha value is -6.12. The van der Waals surface area contributed by atoms with Crippen molar-refractivity contribution in [2.75, 3.05) is 0 Å². The van der Waals surface area contributed by atoms with Crippen LogP contribution in [0.15, 0.2) is 168 Å². The Labute approximate surface area is 265 Å². The van der Waals surface area contributed by atoms with Gasteiger partial charge in [0.1, 0.15) is 5.58 Å². The summed E-state index contributed by atoms with van der Waals surface area (Å²) in [5.41, 5.74) is 9.94. The van der Waals surface area contributed by atoms with Gasteiger partial charge in [0.15, 0.2) is 5.58 Å². The Kier molecular flexibility index (Phi) is 5.31. The fourth-order valence-electron chi connectivity index (χ4n) is 7.51.